The highest BCUT2D eigenvalue weighted by molar-refractivity contribution is 7.92. The maximum atomic E-state index is 11.4. The van der Waals surface area contributed by atoms with Gasteiger partial charge in [0.2, 0.25) is 10.0 Å². The van der Waals surface area contributed by atoms with Crippen molar-refractivity contribution < 1.29 is 13.2 Å². The predicted molar refractivity (Wildman–Crippen MR) is 138 cm³/mol. The number of thiocarbonyl (C=S) groups is 1. The van der Waals surface area contributed by atoms with E-state index in [0.717, 1.165) is 48.8 Å². The maximum Gasteiger partial charge on any atom is 0.229 e. The van der Waals surface area contributed by atoms with Crippen molar-refractivity contribution >= 4 is 49.5 Å². The van der Waals surface area contributed by atoms with E-state index >= 15 is 0 Å². The van der Waals surface area contributed by atoms with Gasteiger partial charge in [-0.2, -0.15) is 0 Å². The van der Waals surface area contributed by atoms with Gasteiger partial charge in [-0.1, -0.05) is 12.1 Å². The molecule has 0 unspecified atom stereocenters. The second-order valence-electron chi connectivity index (χ2n) is 7.76. The molecule has 33 heavy (non-hydrogen) atoms. The number of rotatable bonds is 6. The van der Waals surface area contributed by atoms with Gasteiger partial charge in [-0.25, -0.2) is 13.4 Å². The lowest BCUT2D eigenvalue weighted by molar-refractivity contribution is 0.217. The van der Waals surface area contributed by atoms with Crippen LogP contribution in [0.2, 0.25) is 0 Å². The maximum absolute atomic E-state index is 11.4. The molecular formula is C22H25N5O3S3. The normalized spacial score (nSPS) is 14.7. The van der Waals surface area contributed by atoms with Crippen LogP contribution in [0.4, 0.5) is 10.8 Å². The zero-order chi connectivity index (χ0) is 23.4. The smallest absolute Gasteiger partial charge is 0.229 e. The van der Waals surface area contributed by atoms with Crippen LogP contribution in [0.3, 0.4) is 0 Å². The minimum absolute atomic E-state index is 0.477. The van der Waals surface area contributed by atoms with E-state index < -0.39 is 10.0 Å². The molecule has 2 heterocycles. The molecule has 0 radical (unpaired) electrons. The minimum Gasteiger partial charge on any atom is -0.457 e. The first-order valence-electron chi connectivity index (χ1n) is 10.3. The summed E-state index contributed by atoms with van der Waals surface area (Å²) in [5.74, 6) is 1.24. The van der Waals surface area contributed by atoms with Crippen molar-refractivity contribution in [2.24, 2.45) is 0 Å². The summed E-state index contributed by atoms with van der Waals surface area (Å²) in [4.78, 5) is 9.16. The van der Waals surface area contributed by atoms with Crippen LogP contribution in [0, 0.1) is 0 Å². The van der Waals surface area contributed by atoms with Gasteiger partial charge in [0, 0.05) is 42.8 Å². The van der Waals surface area contributed by atoms with Gasteiger partial charge >= 0.3 is 0 Å². The zero-order valence-electron chi connectivity index (χ0n) is 18.3. The van der Waals surface area contributed by atoms with Crippen LogP contribution in [0.25, 0.3) is 11.3 Å². The number of para-hydroxylation sites is 1. The third kappa shape index (κ3) is 6.41. The summed E-state index contributed by atoms with van der Waals surface area (Å²) in [6, 6.07) is 14.4. The van der Waals surface area contributed by atoms with Crippen molar-refractivity contribution in [1.29, 1.82) is 0 Å². The standard InChI is InChI=1S/C22H25N5O3S3/c1-26-11-13-27(14-12-26)22(31)24-21-23-19(15-32-21)18-5-3-4-6-20(18)30-17-9-7-16(8-10-17)25-33(2,28)29/h3-10,15,25H,11-14H2,1-2H3,(H,23,24,31). The molecule has 174 valence electrons. The Morgan fingerprint density at radius 3 is 2.48 bits per heavy atom. The van der Waals surface area contributed by atoms with Gasteiger partial charge in [0.1, 0.15) is 11.5 Å². The molecule has 4 rings (SSSR count). The molecule has 1 aliphatic rings. The van der Waals surface area contributed by atoms with Gasteiger partial charge in [0.05, 0.1) is 11.9 Å². The van der Waals surface area contributed by atoms with Crippen LogP contribution in [-0.2, 0) is 10.0 Å². The fourth-order valence-electron chi connectivity index (χ4n) is 3.33. The molecule has 1 saturated heterocycles. The van der Waals surface area contributed by atoms with Crippen LogP contribution in [-0.4, -0.2) is 67.8 Å². The van der Waals surface area contributed by atoms with Crippen LogP contribution in [0.15, 0.2) is 53.9 Å². The lowest BCUT2D eigenvalue weighted by atomic mass is 10.1. The number of hydrogen-bond donors (Lipinski definition) is 2. The number of likely N-dealkylation sites (N-methyl/N-ethyl adjacent to an activating group) is 1. The van der Waals surface area contributed by atoms with Crippen LogP contribution in [0.5, 0.6) is 11.5 Å². The molecule has 0 aliphatic carbocycles. The van der Waals surface area contributed by atoms with Gasteiger partial charge in [0.15, 0.2) is 10.2 Å². The second-order valence-corrected chi connectivity index (χ2v) is 10.7. The highest BCUT2D eigenvalue weighted by atomic mass is 32.2. The van der Waals surface area contributed by atoms with Crippen molar-refractivity contribution in [3.05, 3.63) is 53.9 Å². The largest absolute Gasteiger partial charge is 0.457 e. The topological polar surface area (TPSA) is 86.8 Å². The molecule has 0 saturated carbocycles. The highest BCUT2D eigenvalue weighted by Gasteiger charge is 2.18. The van der Waals surface area contributed by atoms with E-state index in [0.29, 0.717) is 22.3 Å². The molecule has 8 nitrogen and oxygen atoms in total. The number of thiazole rings is 1. The zero-order valence-corrected chi connectivity index (χ0v) is 20.8. The van der Waals surface area contributed by atoms with Gasteiger partial charge in [-0.3, -0.25) is 4.72 Å². The summed E-state index contributed by atoms with van der Waals surface area (Å²) in [5.41, 5.74) is 2.12. The third-order valence-electron chi connectivity index (χ3n) is 5.06. The van der Waals surface area contributed by atoms with Crippen molar-refractivity contribution in [2.75, 3.05) is 49.5 Å². The minimum atomic E-state index is -3.33. The fraction of sp³-hybridized carbons (Fsp3) is 0.273. The quantitative estimate of drug-likeness (QED) is 0.490. The van der Waals surface area contributed by atoms with E-state index in [1.165, 1.54) is 11.3 Å². The molecule has 0 atom stereocenters. The predicted octanol–water partition coefficient (Wildman–Crippen LogP) is 3.92. The number of anilines is 2. The average molecular weight is 504 g/mol. The number of hydrogen-bond acceptors (Lipinski definition) is 7. The van der Waals surface area contributed by atoms with E-state index in [9.17, 15) is 8.42 Å². The first-order valence-corrected chi connectivity index (χ1v) is 13.5. The molecule has 0 amide bonds. The number of piperazine rings is 1. The summed E-state index contributed by atoms with van der Waals surface area (Å²) in [6.45, 7) is 3.77. The molecular weight excluding hydrogens is 478 g/mol. The van der Waals surface area contributed by atoms with E-state index in [4.69, 9.17) is 21.9 Å². The Morgan fingerprint density at radius 2 is 1.79 bits per heavy atom. The first kappa shape index (κ1) is 23.4. The number of aromatic nitrogens is 1. The number of benzene rings is 2. The Hall–Kier alpha value is -2.73. The molecule has 11 heteroatoms. The van der Waals surface area contributed by atoms with Crippen molar-refractivity contribution in [3.8, 4) is 22.8 Å². The van der Waals surface area contributed by atoms with E-state index in [-0.39, 0.29) is 0 Å². The second kappa shape index (κ2) is 10.0. The molecule has 0 spiro atoms. The Balaban J connectivity index is 1.45. The first-order chi connectivity index (χ1) is 15.8. The van der Waals surface area contributed by atoms with Crippen LogP contribution >= 0.6 is 23.6 Å². The summed E-state index contributed by atoms with van der Waals surface area (Å²) in [6.07, 6.45) is 1.11. The summed E-state index contributed by atoms with van der Waals surface area (Å²) in [7, 11) is -1.21. The molecule has 1 aliphatic heterocycles. The Labute approximate surface area is 203 Å². The summed E-state index contributed by atoms with van der Waals surface area (Å²) in [5, 5.41) is 6.66. The molecule has 2 aromatic carbocycles. The molecule has 0 bridgehead atoms. The van der Waals surface area contributed by atoms with E-state index in [1.54, 1.807) is 24.3 Å². The highest BCUT2D eigenvalue weighted by Crippen LogP contribution is 2.35. The van der Waals surface area contributed by atoms with Crippen molar-refractivity contribution in [1.82, 2.24) is 14.8 Å². The monoisotopic (exact) mass is 503 g/mol. The Morgan fingerprint density at radius 1 is 1.09 bits per heavy atom. The van der Waals surface area contributed by atoms with E-state index in [2.05, 4.69) is 26.9 Å². The molecule has 1 fully saturated rings. The number of nitrogens with one attached hydrogen (secondary N) is 2. The number of sulfonamides is 1. The lowest BCUT2D eigenvalue weighted by Crippen LogP contribution is -2.48. The van der Waals surface area contributed by atoms with Crippen LogP contribution in [0.1, 0.15) is 0 Å². The van der Waals surface area contributed by atoms with Gasteiger partial charge in [-0.05, 0) is 55.7 Å². The fourth-order valence-corrected chi connectivity index (χ4v) is 4.95. The molecule has 1 aromatic heterocycles. The summed E-state index contributed by atoms with van der Waals surface area (Å²) < 4.78 is 31.3. The van der Waals surface area contributed by atoms with Crippen molar-refractivity contribution in [2.45, 2.75) is 0 Å². The van der Waals surface area contributed by atoms with Gasteiger partial charge < -0.3 is 19.9 Å². The van der Waals surface area contributed by atoms with Gasteiger partial charge in [0.25, 0.3) is 0 Å². The summed E-state index contributed by atoms with van der Waals surface area (Å²) >= 11 is 7.06. The lowest BCUT2D eigenvalue weighted by Gasteiger charge is -2.33. The van der Waals surface area contributed by atoms with Gasteiger partial charge in [-0.15, -0.1) is 11.3 Å². The molecule has 2 N–H and O–H groups in total. The third-order valence-corrected chi connectivity index (χ3v) is 6.78. The SMILES string of the molecule is CN1CCN(C(=S)Nc2nc(-c3ccccc3Oc3ccc(NS(C)(=O)=O)cc3)cs2)CC1. The van der Waals surface area contributed by atoms with E-state index in [1.807, 2.05) is 29.6 Å². The number of ether oxygens (including phenoxy) is 1. The molecule has 3 aromatic rings. The Bertz CT molecular complexity index is 1220. The number of nitrogens with zero attached hydrogens (tertiary/aromatic N) is 3. The van der Waals surface area contributed by atoms with Crippen LogP contribution < -0.4 is 14.8 Å². The van der Waals surface area contributed by atoms with Crippen molar-refractivity contribution in [3.63, 3.8) is 0 Å². The Kier molecular flexibility index (Phi) is 7.13. The average Bonchev–Trinajstić information content (AvgIpc) is 3.23.